The maximum atomic E-state index is 8.65. The minimum Gasteiger partial charge on any atom is -0.466 e. The molecule has 2 nitrogen and oxygen atoms in total. The van der Waals surface area contributed by atoms with Crippen molar-refractivity contribution in [2.45, 2.75) is 39.0 Å². The first-order valence-electron chi connectivity index (χ1n) is 4.74. The molecule has 0 aliphatic carbocycles. The lowest BCUT2D eigenvalue weighted by Crippen LogP contribution is -2.09. The van der Waals surface area contributed by atoms with E-state index in [0.717, 1.165) is 24.4 Å². The highest BCUT2D eigenvalue weighted by Crippen LogP contribution is 2.24. The van der Waals surface area contributed by atoms with Crippen LogP contribution < -0.4 is 0 Å². The molecule has 0 saturated heterocycles. The van der Waals surface area contributed by atoms with E-state index in [-0.39, 0.29) is 12.0 Å². The van der Waals surface area contributed by atoms with Crippen LogP contribution in [0.15, 0.2) is 16.5 Å². The Morgan fingerprint density at radius 2 is 2.00 bits per heavy atom. The number of rotatable bonds is 3. The molecule has 0 unspecified atom stereocenters. The molecule has 1 N–H and O–H groups in total. The molecule has 0 radical (unpaired) electrons. The van der Waals surface area contributed by atoms with E-state index in [0.29, 0.717) is 0 Å². The van der Waals surface area contributed by atoms with Crippen molar-refractivity contribution in [3.63, 3.8) is 0 Å². The monoisotopic (exact) mass is 182 g/mol. The quantitative estimate of drug-likeness (QED) is 0.779. The summed E-state index contributed by atoms with van der Waals surface area (Å²) in [5.41, 5.74) is 0.0808. The fraction of sp³-hybridized carbons (Fsp3) is 0.636. The van der Waals surface area contributed by atoms with Gasteiger partial charge in [0.2, 0.25) is 0 Å². The molecule has 74 valence electrons. The number of aliphatic hydroxyl groups excluding tert-OH is 1. The van der Waals surface area contributed by atoms with Gasteiger partial charge < -0.3 is 9.52 Å². The second kappa shape index (κ2) is 3.97. The van der Waals surface area contributed by atoms with Crippen molar-refractivity contribution in [1.82, 2.24) is 0 Å². The van der Waals surface area contributed by atoms with E-state index in [4.69, 9.17) is 9.52 Å². The van der Waals surface area contributed by atoms with Crippen LogP contribution in [0.3, 0.4) is 0 Å². The zero-order valence-electron chi connectivity index (χ0n) is 8.63. The summed E-state index contributed by atoms with van der Waals surface area (Å²) in [5.74, 6) is 1.99. The Kier molecular flexibility index (Phi) is 3.15. The molecule has 0 spiro atoms. The Labute approximate surface area is 79.6 Å². The number of hydrogen-bond donors (Lipinski definition) is 1. The lowest BCUT2D eigenvalue weighted by atomic mass is 9.94. The maximum absolute atomic E-state index is 8.65. The van der Waals surface area contributed by atoms with Crippen molar-refractivity contribution in [1.29, 1.82) is 0 Å². The highest BCUT2D eigenvalue weighted by atomic mass is 16.3. The molecule has 0 amide bonds. The van der Waals surface area contributed by atoms with Crippen molar-refractivity contribution >= 4 is 0 Å². The van der Waals surface area contributed by atoms with Gasteiger partial charge in [0.1, 0.15) is 11.5 Å². The van der Waals surface area contributed by atoms with Crippen LogP contribution in [0, 0.1) is 0 Å². The highest BCUT2D eigenvalue weighted by molar-refractivity contribution is 5.14. The number of aliphatic hydroxyl groups is 1. The Morgan fingerprint density at radius 1 is 1.31 bits per heavy atom. The smallest absolute Gasteiger partial charge is 0.109 e. The molecule has 13 heavy (non-hydrogen) atoms. The van der Waals surface area contributed by atoms with Gasteiger partial charge in [-0.05, 0) is 18.6 Å². The molecule has 0 aliphatic heterocycles. The van der Waals surface area contributed by atoms with Crippen molar-refractivity contribution in [2.24, 2.45) is 0 Å². The zero-order valence-corrected chi connectivity index (χ0v) is 8.63. The van der Waals surface area contributed by atoms with E-state index in [9.17, 15) is 0 Å². The van der Waals surface area contributed by atoms with Crippen molar-refractivity contribution < 1.29 is 9.52 Å². The van der Waals surface area contributed by atoms with E-state index < -0.39 is 0 Å². The van der Waals surface area contributed by atoms with Crippen LogP contribution in [0.5, 0.6) is 0 Å². The third-order valence-electron chi connectivity index (χ3n) is 1.98. The first-order valence-corrected chi connectivity index (χ1v) is 4.74. The normalized spacial score (nSPS) is 12.0. The standard InChI is InChI=1S/C11H18O2/c1-11(2,3)10-7-6-9(13-10)5-4-8-12/h6-7,12H,4-5,8H2,1-3H3. The second-order valence-electron chi connectivity index (χ2n) is 4.34. The van der Waals surface area contributed by atoms with Crippen LogP contribution in [0.2, 0.25) is 0 Å². The lowest BCUT2D eigenvalue weighted by Gasteiger charge is -2.14. The topological polar surface area (TPSA) is 33.4 Å². The molecular formula is C11H18O2. The fourth-order valence-electron chi connectivity index (χ4n) is 1.17. The minimum absolute atomic E-state index is 0.0808. The number of aryl methyl sites for hydroxylation is 1. The Balaban J connectivity index is 2.64. The molecule has 0 saturated carbocycles. The van der Waals surface area contributed by atoms with Gasteiger partial charge in [0.05, 0.1) is 0 Å². The summed E-state index contributed by atoms with van der Waals surface area (Å²) in [6.07, 6.45) is 1.60. The molecule has 0 aromatic carbocycles. The number of furan rings is 1. The second-order valence-corrected chi connectivity index (χ2v) is 4.34. The van der Waals surface area contributed by atoms with Gasteiger partial charge in [-0.2, -0.15) is 0 Å². The van der Waals surface area contributed by atoms with E-state index in [1.807, 2.05) is 12.1 Å². The summed E-state index contributed by atoms with van der Waals surface area (Å²) in [5, 5.41) is 8.65. The summed E-state index contributed by atoms with van der Waals surface area (Å²) < 4.78 is 5.64. The highest BCUT2D eigenvalue weighted by Gasteiger charge is 2.17. The predicted molar refractivity (Wildman–Crippen MR) is 52.8 cm³/mol. The van der Waals surface area contributed by atoms with Gasteiger partial charge >= 0.3 is 0 Å². The first-order chi connectivity index (χ1) is 6.04. The SMILES string of the molecule is CC(C)(C)c1ccc(CCCO)o1. The maximum Gasteiger partial charge on any atom is 0.109 e. The minimum atomic E-state index is 0.0808. The summed E-state index contributed by atoms with van der Waals surface area (Å²) >= 11 is 0. The van der Waals surface area contributed by atoms with E-state index >= 15 is 0 Å². The Bertz CT molecular complexity index is 255. The molecule has 0 fully saturated rings. The summed E-state index contributed by atoms with van der Waals surface area (Å²) in [4.78, 5) is 0. The molecule has 0 aliphatic rings. The predicted octanol–water partition coefficient (Wildman–Crippen LogP) is 2.50. The average Bonchev–Trinajstić information content (AvgIpc) is 2.47. The van der Waals surface area contributed by atoms with Crippen LogP contribution >= 0.6 is 0 Å². The summed E-state index contributed by atoms with van der Waals surface area (Å²) in [6.45, 7) is 6.61. The van der Waals surface area contributed by atoms with Crippen LogP contribution in [0.25, 0.3) is 0 Å². The van der Waals surface area contributed by atoms with Gasteiger partial charge in [0.25, 0.3) is 0 Å². The van der Waals surface area contributed by atoms with Crippen LogP contribution in [0.4, 0.5) is 0 Å². The lowest BCUT2D eigenvalue weighted by molar-refractivity contribution is 0.282. The van der Waals surface area contributed by atoms with Gasteiger partial charge in [-0.3, -0.25) is 0 Å². The molecular weight excluding hydrogens is 164 g/mol. The molecule has 1 aromatic heterocycles. The van der Waals surface area contributed by atoms with Crippen molar-refractivity contribution in [2.75, 3.05) is 6.61 Å². The van der Waals surface area contributed by atoms with Gasteiger partial charge in [-0.1, -0.05) is 20.8 Å². The summed E-state index contributed by atoms with van der Waals surface area (Å²) in [6, 6.07) is 4.02. The molecule has 0 bridgehead atoms. The fourth-order valence-corrected chi connectivity index (χ4v) is 1.17. The van der Waals surface area contributed by atoms with Crippen LogP contribution in [-0.4, -0.2) is 11.7 Å². The molecule has 2 heteroatoms. The van der Waals surface area contributed by atoms with Gasteiger partial charge in [0.15, 0.2) is 0 Å². The third-order valence-corrected chi connectivity index (χ3v) is 1.98. The van der Waals surface area contributed by atoms with Gasteiger partial charge in [0, 0.05) is 18.4 Å². The van der Waals surface area contributed by atoms with Gasteiger partial charge in [-0.25, -0.2) is 0 Å². The summed E-state index contributed by atoms with van der Waals surface area (Å²) in [7, 11) is 0. The Hall–Kier alpha value is -0.760. The zero-order chi connectivity index (χ0) is 9.90. The van der Waals surface area contributed by atoms with E-state index in [1.165, 1.54) is 0 Å². The van der Waals surface area contributed by atoms with Crippen LogP contribution in [-0.2, 0) is 11.8 Å². The van der Waals surface area contributed by atoms with E-state index in [2.05, 4.69) is 20.8 Å². The molecule has 1 rings (SSSR count). The molecule has 1 heterocycles. The van der Waals surface area contributed by atoms with E-state index in [1.54, 1.807) is 0 Å². The van der Waals surface area contributed by atoms with Crippen molar-refractivity contribution in [3.05, 3.63) is 23.7 Å². The molecule has 0 atom stereocenters. The molecule has 1 aromatic rings. The Morgan fingerprint density at radius 3 is 2.46 bits per heavy atom. The van der Waals surface area contributed by atoms with Crippen molar-refractivity contribution in [3.8, 4) is 0 Å². The average molecular weight is 182 g/mol. The van der Waals surface area contributed by atoms with Crippen LogP contribution in [0.1, 0.15) is 38.7 Å². The largest absolute Gasteiger partial charge is 0.466 e. The third kappa shape index (κ3) is 2.88. The first kappa shape index (κ1) is 10.3. The number of hydrogen-bond acceptors (Lipinski definition) is 2. The van der Waals surface area contributed by atoms with Gasteiger partial charge in [-0.15, -0.1) is 0 Å².